The van der Waals surface area contributed by atoms with Gasteiger partial charge in [-0.1, -0.05) is 72.8 Å². The highest BCUT2D eigenvalue weighted by atomic mass is 16.2. The first-order valence-electron chi connectivity index (χ1n) is 11.4. The zero-order valence-electron chi connectivity index (χ0n) is 18.5. The molecule has 0 aromatic heterocycles. The molecule has 35 heavy (non-hydrogen) atoms. The van der Waals surface area contributed by atoms with E-state index < -0.39 is 16.8 Å². The smallest absolute Gasteiger partial charge is 0.255 e. The number of rotatable bonds is 2. The lowest BCUT2D eigenvalue weighted by Crippen LogP contribution is -2.29. The third kappa shape index (κ3) is 2.71. The molecule has 0 saturated heterocycles. The maximum atomic E-state index is 13.7. The van der Waals surface area contributed by atoms with Crippen LogP contribution in [0.2, 0.25) is 0 Å². The second kappa shape index (κ2) is 7.08. The van der Waals surface area contributed by atoms with E-state index in [1.165, 1.54) is 0 Å². The van der Waals surface area contributed by atoms with Gasteiger partial charge in [-0.25, -0.2) is 0 Å². The van der Waals surface area contributed by atoms with Crippen molar-refractivity contribution in [3.8, 4) is 0 Å². The third-order valence-corrected chi connectivity index (χ3v) is 6.93. The van der Waals surface area contributed by atoms with Crippen molar-refractivity contribution in [3.05, 3.63) is 123 Å². The average molecular weight is 451 g/mol. The second-order valence-electron chi connectivity index (χ2n) is 8.87. The molecule has 0 unspecified atom stereocenters. The highest BCUT2D eigenvalue weighted by Crippen LogP contribution is 2.42. The first-order chi connectivity index (χ1) is 17.1. The molecule has 0 saturated carbocycles. The topological polar surface area (TPSA) is 63.2 Å². The quantitative estimate of drug-likeness (QED) is 0.191. The summed E-state index contributed by atoms with van der Waals surface area (Å²) in [5, 5.41) is 11.5. The van der Waals surface area contributed by atoms with Crippen molar-refractivity contribution in [1.29, 1.82) is 0 Å². The zero-order chi connectivity index (χ0) is 23.7. The van der Waals surface area contributed by atoms with E-state index in [0.717, 1.165) is 43.1 Å². The van der Waals surface area contributed by atoms with Crippen molar-refractivity contribution in [2.24, 2.45) is 0 Å². The molecular formula is C31H17NO3. The van der Waals surface area contributed by atoms with Crippen molar-refractivity contribution in [1.82, 2.24) is 0 Å². The van der Waals surface area contributed by atoms with Gasteiger partial charge in [-0.2, -0.15) is 0 Å². The predicted molar refractivity (Wildman–Crippen MR) is 143 cm³/mol. The Labute approximate surface area is 198 Å². The Morgan fingerprint density at radius 1 is 0.514 bits per heavy atom. The van der Waals surface area contributed by atoms with E-state index in [0.29, 0.717) is 16.3 Å². The molecule has 0 atom stereocenters. The molecule has 0 radical (unpaired) electrons. The summed E-state index contributed by atoms with van der Waals surface area (Å²) in [7, 11) is 0. The Bertz CT molecular complexity index is 2080. The highest BCUT2D eigenvalue weighted by Gasteiger charge is 2.21. The Balaban J connectivity index is 1.66. The summed E-state index contributed by atoms with van der Waals surface area (Å²) in [6.07, 6.45) is 0. The molecule has 164 valence electrons. The maximum Gasteiger partial charge on any atom is 0.255 e. The molecule has 0 bridgehead atoms. The molecule has 0 fully saturated rings. The van der Waals surface area contributed by atoms with Gasteiger partial charge in [0.05, 0.1) is 5.69 Å². The first-order valence-corrected chi connectivity index (χ1v) is 11.4. The fourth-order valence-corrected chi connectivity index (χ4v) is 5.40. The van der Waals surface area contributed by atoms with Gasteiger partial charge in [-0.3, -0.25) is 14.4 Å². The Morgan fingerprint density at radius 3 is 2.09 bits per heavy atom. The van der Waals surface area contributed by atoms with Gasteiger partial charge >= 0.3 is 0 Å². The van der Waals surface area contributed by atoms with Gasteiger partial charge in [0, 0.05) is 16.3 Å². The fraction of sp³-hybridized carbons (Fsp3) is 0. The van der Waals surface area contributed by atoms with Crippen molar-refractivity contribution < 1.29 is 4.79 Å². The van der Waals surface area contributed by atoms with Crippen LogP contribution in [0.25, 0.3) is 53.9 Å². The van der Waals surface area contributed by atoms with Crippen LogP contribution in [0.3, 0.4) is 0 Å². The van der Waals surface area contributed by atoms with Crippen molar-refractivity contribution in [3.63, 3.8) is 0 Å². The SMILES string of the molecule is O=C(Nc1cc2c3cccc4ccc5cc6ccccc6c(c2c(=O)c1=O)c5c43)c1ccccc1. The number of benzene rings is 7. The van der Waals surface area contributed by atoms with E-state index >= 15 is 0 Å². The van der Waals surface area contributed by atoms with Crippen LogP contribution in [-0.2, 0) is 0 Å². The van der Waals surface area contributed by atoms with Crippen molar-refractivity contribution >= 4 is 65.5 Å². The number of anilines is 1. The predicted octanol–water partition coefficient (Wildman–Crippen LogP) is 6.30. The molecular weight excluding hydrogens is 434 g/mol. The van der Waals surface area contributed by atoms with E-state index in [9.17, 15) is 14.4 Å². The Kier molecular flexibility index (Phi) is 3.97. The van der Waals surface area contributed by atoms with Crippen molar-refractivity contribution in [2.45, 2.75) is 0 Å². The minimum Gasteiger partial charge on any atom is -0.319 e. The molecule has 0 aliphatic heterocycles. The minimum absolute atomic E-state index is 0.00420. The number of carbonyl (C=O) groups excluding carboxylic acids is 1. The largest absolute Gasteiger partial charge is 0.319 e. The van der Waals surface area contributed by atoms with E-state index in [1.54, 1.807) is 30.3 Å². The van der Waals surface area contributed by atoms with Gasteiger partial charge in [-0.05, 0) is 67.4 Å². The average Bonchev–Trinajstić information content (AvgIpc) is 2.90. The fourth-order valence-electron chi connectivity index (χ4n) is 5.40. The lowest BCUT2D eigenvalue weighted by molar-refractivity contribution is 0.102. The number of carbonyl (C=O) groups is 1. The van der Waals surface area contributed by atoms with Crippen LogP contribution in [0.5, 0.6) is 0 Å². The van der Waals surface area contributed by atoms with E-state index in [2.05, 4.69) is 29.6 Å². The van der Waals surface area contributed by atoms with Gasteiger partial charge < -0.3 is 5.32 Å². The van der Waals surface area contributed by atoms with Crippen LogP contribution in [0.15, 0.2) is 107 Å². The third-order valence-electron chi connectivity index (χ3n) is 6.93. The molecule has 4 heteroatoms. The molecule has 7 aromatic carbocycles. The van der Waals surface area contributed by atoms with Crippen LogP contribution in [0, 0.1) is 0 Å². The van der Waals surface area contributed by atoms with E-state index in [-0.39, 0.29) is 5.69 Å². The van der Waals surface area contributed by atoms with Gasteiger partial charge in [0.2, 0.25) is 10.9 Å². The van der Waals surface area contributed by atoms with Crippen molar-refractivity contribution in [2.75, 3.05) is 5.32 Å². The van der Waals surface area contributed by atoms with Crippen LogP contribution < -0.4 is 16.2 Å². The number of amides is 1. The Morgan fingerprint density at radius 2 is 1.23 bits per heavy atom. The van der Waals surface area contributed by atoms with E-state index in [1.807, 2.05) is 42.5 Å². The molecule has 7 rings (SSSR count). The first kappa shape index (κ1) is 19.6. The Hall–Kier alpha value is -4.83. The number of hydrogen-bond acceptors (Lipinski definition) is 3. The summed E-state index contributed by atoms with van der Waals surface area (Å²) in [5.74, 6) is -0.427. The summed E-state index contributed by atoms with van der Waals surface area (Å²) in [4.78, 5) is 39.8. The highest BCUT2D eigenvalue weighted by molar-refractivity contribution is 6.38. The summed E-state index contributed by atoms with van der Waals surface area (Å²) in [6.45, 7) is 0. The lowest BCUT2D eigenvalue weighted by Gasteiger charge is -2.17. The van der Waals surface area contributed by atoms with E-state index in [4.69, 9.17) is 0 Å². The molecule has 0 spiro atoms. The molecule has 0 aliphatic rings. The number of nitrogens with one attached hydrogen (secondary N) is 1. The van der Waals surface area contributed by atoms with Gasteiger partial charge in [0.1, 0.15) is 0 Å². The maximum absolute atomic E-state index is 13.7. The molecule has 7 aromatic rings. The van der Waals surface area contributed by atoms with Crippen LogP contribution in [0.4, 0.5) is 5.69 Å². The standard InChI is InChI=1S/C31H17NO3/c33-29-24(32-31(35)18-7-2-1-3-8-18)16-23-22-12-6-10-17-13-14-20-15-19-9-4-5-11-21(19)27(26(20)25(17)22)28(23)30(29)34/h1-16H,(H,32,35). The minimum atomic E-state index is -0.708. The molecule has 1 amide bonds. The molecule has 0 heterocycles. The molecule has 4 nitrogen and oxygen atoms in total. The summed E-state index contributed by atoms with van der Waals surface area (Å²) in [5.41, 5.74) is -0.897. The second-order valence-corrected chi connectivity index (χ2v) is 8.87. The summed E-state index contributed by atoms with van der Waals surface area (Å²) >= 11 is 0. The van der Waals surface area contributed by atoms with Crippen LogP contribution in [0.1, 0.15) is 10.4 Å². The van der Waals surface area contributed by atoms with Gasteiger partial charge in [0.15, 0.2) is 0 Å². The van der Waals surface area contributed by atoms with Crippen LogP contribution in [-0.4, -0.2) is 5.91 Å². The number of fused-ring (bicyclic) bond motifs is 5. The normalized spacial score (nSPS) is 11.8. The lowest BCUT2D eigenvalue weighted by atomic mass is 9.86. The zero-order valence-corrected chi connectivity index (χ0v) is 18.5. The molecule has 1 N–H and O–H groups in total. The summed E-state index contributed by atoms with van der Waals surface area (Å²) in [6, 6.07) is 30.5. The monoisotopic (exact) mass is 451 g/mol. The van der Waals surface area contributed by atoms with Gasteiger partial charge in [0.25, 0.3) is 5.91 Å². The van der Waals surface area contributed by atoms with Crippen LogP contribution >= 0.6 is 0 Å². The number of hydrogen-bond donors (Lipinski definition) is 1. The summed E-state index contributed by atoms with van der Waals surface area (Å²) < 4.78 is 0. The van der Waals surface area contributed by atoms with Gasteiger partial charge in [-0.15, -0.1) is 0 Å². The molecule has 0 aliphatic carbocycles.